The second-order valence-corrected chi connectivity index (χ2v) is 5.46. The topological polar surface area (TPSA) is 66.2 Å². The molecule has 0 fully saturated rings. The molecule has 0 radical (unpaired) electrons. The first-order valence-corrected chi connectivity index (χ1v) is 8.02. The van der Waals surface area contributed by atoms with Crippen LogP contribution in [-0.2, 0) is 23.2 Å². The van der Waals surface area contributed by atoms with Gasteiger partial charge in [-0.25, -0.2) is 9.48 Å². The van der Waals surface area contributed by atoms with Gasteiger partial charge in [-0.3, -0.25) is 0 Å². The number of ether oxygens (including phenoxy) is 2. The molecule has 25 heavy (non-hydrogen) atoms. The molecule has 0 atom stereocenters. The van der Waals surface area contributed by atoms with E-state index in [-0.39, 0.29) is 5.97 Å². The fourth-order valence-corrected chi connectivity index (χ4v) is 2.47. The van der Waals surface area contributed by atoms with E-state index < -0.39 is 0 Å². The zero-order chi connectivity index (χ0) is 17.6. The molecule has 0 unspecified atom stereocenters. The summed E-state index contributed by atoms with van der Waals surface area (Å²) in [5, 5.41) is 8.19. The minimum atomic E-state index is -0.381. The molecule has 1 aromatic heterocycles. The monoisotopic (exact) mass is 337 g/mol. The largest absolute Gasteiger partial charge is 0.487 e. The van der Waals surface area contributed by atoms with E-state index in [1.807, 2.05) is 49.5 Å². The summed E-state index contributed by atoms with van der Waals surface area (Å²) in [6.07, 6.45) is 3.07. The summed E-state index contributed by atoms with van der Waals surface area (Å²) >= 11 is 0. The molecule has 2 aromatic carbocycles. The minimum Gasteiger partial charge on any atom is -0.487 e. The van der Waals surface area contributed by atoms with Crippen molar-refractivity contribution < 1.29 is 14.3 Å². The number of hydrogen-bond donors (Lipinski definition) is 0. The Kier molecular flexibility index (Phi) is 5.09. The fourth-order valence-electron chi connectivity index (χ4n) is 2.47. The first kappa shape index (κ1) is 16.7. The molecule has 0 bridgehead atoms. The number of carbonyl (C=O) groups excluding carboxylic acids is 1. The predicted molar refractivity (Wildman–Crippen MR) is 95.0 cm³/mol. The number of aromatic nitrogens is 3. The molecule has 0 aliphatic heterocycles. The summed E-state index contributed by atoms with van der Waals surface area (Å²) in [6, 6.07) is 13.6. The Morgan fingerprint density at radius 2 is 2.04 bits per heavy atom. The molecule has 0 N–H and O–H groups in total. The van der Waals surface area contributed by atoms with E-state index in [4.69, 9.17) is 9.47 Å². The van der Waals surface area contributed by atoms with Crippen molar-refractivity contribution in [3.8, 4) is 5.75 Å². The Balaban J connectivity index is 1.89. The summed E-state index contributed by atoms with van der Waals surface area (Å²) in [6.45, 7) is 2.55. The molecule has 0 aliphatic rings. The normalized spacial score (nSPS) is 11.1. The van der Waals surface area contributed by atoms with E-state index in [0.717, 1.165) is 16.6 Å². The first-order chi connectivity index (χ1) is 12.2. The van der Waals surface area contributed by atoms with E-state index in [9.17, 15) is 4.79 Å². The Morgan fingerprint density at radius 3 is 2.80 bits per heavy atom. The van der Waals surface area contributed by atoms with Crippen LogP contribution in [0.1, 0.15) is 18.1 Å². The van der Waals surface area contributed by atoms with Crippen LogP contribution in [0.3, 0.4) is 0 Å². The lowest BCUT2D eigenvalue weighted by Crippen LogP contribution is -2.00. The maximum atomic E-state index is 11.5. The second kappa shape index (κ2) is 7.61. The molecule has 6 nitrogen and oxygen atoms in total. The van der Waals surface area contributed by atoms with Crippen LogP contribution in [0.2, 0.25) is 0 Å². The van der Waals surface area contributed by atoms with Crippen molar-refractivity contribution in [2.75, 3.05) is 6.61 Å². The molecular weight excluding hydrogens is 318 g/mol. The molecule has 0 saturated heterocycles. The number of carbonyl (C=O) groups is 1. The SMILES string of the molecule is CCOC(=O)/C=C/c1cc(OCc2ccccc2)c2c(c1)nnn2C. The Labute approximate surface area is 145 Å². The molecule has 0 aliphatic carbocycles. The van der Waals surface area contributed by atoms with Crippen LogP contribution in [0.25, 0.3) is 17.1 Å². The van der Waals surface area contributed by atoms with Crippen LogP contribution in [0, 0.1) is 0 Å². The number of nitrogens with zero attached hydrogens (tertiary/aromatic N) is 3. The molecule has 1 heterocycles. The van der Waals surface area contributed by atoms with Crippen molar-refractivity contribution in [3.63, 3.8) is 0 Å². The zero-order valence-electron chi connectivity index (χ0n) is 14.2. The maximum absolute atomic E-state index is 11.5. The van der Waals surface area contributed by atoms with E-state index in [1.54, 1.807) is 17.7 Å². The van der Waals surface area contributed by atoms with Gasteiger partial charge in [0.1, 0.15) is 23.4 Å². The van der Waals surface area contributed by atoms with Gasteiger partial charge in [-0.15, -0.1) is 5.10 Å². The van der Waals surface area contributed by atoms with Crippen LogP contribution in [-0.4, -0.2) is 27.6 Å². The van der Waals surface area contributed by atoms with E-state index in [0.29, 0.717) is 24.5 Å². The lowest BCUT2D eigenvalue weighted by atomic mass is 10.1. The van der Waals surface area contributed by atoms with Gasteiger partial charge >= 0.3 is 5.97 Å². The summed E-state index contributed by atoms with van der Waals surface area (Å²) in [4.78, 5) is 11.5. The van der Waals surface area contributed by atoms with E-state index in [2.05, 4.69) is 10.3 Å². The van der Waals surface area contributed by atoms with Crippen LogP contribution >= 0.6 is 0 Å². The van der Waals surface area contributed by atoms with Crippen molar-refractivity contribution in [1.29, 1.82) is 0 Å². The maximum Gasteiger partial charge on any atom is 0.330 e. The van der Waals surface area contributed by atoms with Gasteiger partial charge in [-0.1, -0.05) is 35.5 Å². The standard InChI is InChI=1S/C19H19N3O3/c1-3-24-18(23)10-9-15-11-16-19(22(2)21-20-16)17(12-15)25-13-14-7-5-4-6-8-14/h4-12H,3,13H2,1-2H3/b10-9+. The quantitative estimate of drug-likeness (QED) is 0.511. The van der Waals surface area contributed by atoms with Crippen molar-refractivity contribution in [2.45, 2.75) is 13.5 Å². The van der Waals surface area contributed by atoms with Gasteiger partial charge in [-0.2, -0.15) is 0 Å². The van der Waals surface area contributed by atoms with Gasteiger partial charge in [-0.05, 0) is 36.3 Å². The highest BCUT2D eigenvalue weighted by Crippen LogP contribution is 2.27. The van der Waals surface area contributed by atoms with Crippen molar-refractivity contribution in [1.82, 2.24) is 15.0 Å². The fraction of sp³-hybridized carbons (Fsp3) is 0.211. The van der Waals surface area contributed by atoms with Crippen LogP contribution in [0.4, 0.5) is 0 Å². The zero-order valence-corrected chi connectivity index (χ0v) is 14.2. The third kappa shape index (κ3) is 4.03. The number of rotatable bonds is 6. The van der Waals surface area contributed by atoms with Crippen LogP contribution < -0.4 is 4.74 Å². The van der Waals surface area contributed by atoms with E-state index >= 15 is 0 Å². The van der Waals surface area contributed by atoms with Crippen LogP contribution in [0.5, 0.6) is 5.75 Å². The van der Waals surface area contributed by atoms with Gasteiger partial charge in [0.2, 0.25) is 0 Å². The third-order valence-electron chi connectivity index (χ3n) is 3.62. The first-order valence-electron chi connectivity index (χ1n) is 8.02. The lowest BCUT2D eigenvalue weighted by Gasteiger charge is -2.09. The number of esters is 1. The van der Waals surface area contributed by atoms with Gasteiger partial charge < -0.3 is 9.47 Å². The number of aryl methyl sites for hydroxylation is 1. The molecule has 0 saturated carbocycles. The summed E-state index contributed by atoms with van der Waals surface area (Å²) in [7, 11) is 1.82. The third-order valence-corrected chi connectivity index (χ3v) is 3.62. The molecular formula is C19H19N3O3. The number of hydrogen-bond acceptors (Lipinski definition) is 5. The van der Waals surface area contributed by atoms with Crippen LogP contribution in [0.15, 0.2) is 48.5 Å². The molecule has 0 spiro atoms. The molecule has 3 rings (SSSR count). The highest BCUT2D eigenvalue weighted by atomic mass is 16.5. The smallest absolute Gasteiger partial charge is 0.330 e. The second-order valence-electron chi connectivity index (χ2n) is 5.46. The van der Waals surface area contributed by atoms with Crippen molar-refractivity contribution in [3.05, 3.63) is 59.7 Å². The Morgan fingerprint density at radius 1 is 1.24 bits per heavy atom. The van der Waals surface area contributed by atoms with Gasteiger partial charge in [0, 0.05) is 13.1 Å². The summed E-state index contributed by atoms with van der Waals surface area (Å²) in [5.74, 6) is 0.283. The average Bonchev–Trinajstić information content (AvgIpc) is 3.00. The van der Waals surface area contributed by atoms with Crippen molar-refractivity contribution in [2.24, 2.45) is 7.05 Å². The van der Waals surface area contributed by atoms with Gasteiger partial charge in [0.25, 0.3) is 0 Å². The number of benzene rings is 2. The highest BCUT2D eigenvalue weighted by molar-refractivity contribution is 5.89. The van der Waals surface area contributed by atoms with E-state index in [1.165, 1.54) is 6.08 Å². The molecule has 6 heteroatoms. The molecule has 3 aromatic rings. The lowest BCUT2D eigenvalue weighted by molar-refractivity contribution is -0.137. The minimum absolute atomic E-state index is 0.345. The molecule has 0 amide bonds. The average molecular weight is 337 g/mol. The summed E-state index contributed by atoms with van der Waals surface area (Å²) in [5.41, 5.74) is 3.38. The summed E-state index contributed by atoms with van der Waals surface area (Å²) < 4.78 is 12.6. The molecule has 128 valence electrons. The predicted octanol–water partition coefficient (Wildman–Crippen LogP) is 3.12. The van der Waals surface area contributed by atoms with Gasteiger partial charge in [0.05, 0.1) is 6.61 Å². The van der Waals surface area contributed by atoms with Crippen molar-refractivity contribution >= 4 is 23.1 Å². The Bertz CT molecular complexity index is 901. The Hall–Kier alpha value is -3.15. The van der Waals surface area contributed by atoms with Gasteiger partial charge in [0.15, 0.2) is 0 Å². The number of fused-ring (bicyclic) bond motifs is 1. The highest BCUT2D eigenvalue weighted by Gasteiger charge is 2.11.